The van der Waals surface area contributed by atoms with E-state index in [1.54, 1.807) is 0 Å². The molecule has 0 atom stereocenters. The predicted octanol–water partition coefficient (Wildman–Crippen LogP) is 2.54. The Hall–Kier alpha value is -0.570. The molecule has 0 heterocycles. The Morgan fingerprint density at radius 3 is 2.24 bits per heavy atom. The minimum atomic E-state index is -0.403. The molecule has 1 aliphatic rings. The molecule has 0 aromatic rings. The number of hydrogen-bond donors (Lipinski definition) is 1. The third-order valence-electron chi connectivity index (χ3n) is 3.86. The van der Waals surface area contributed by atoms with Crippen molar-refractivity contribution in [2.24, 2.45) is 11.1 Å². The molecule has 0 spiro atoms. The summed E-state index contributed by atoms with van der Waals surface area (Å²) in [6.07, 6.45) is 5.10. The van der Waals surface area contributed by atoms with Crippen LogP contribution in [0.3, 0.4) is 0 Å². The SMILES string of the molecule is CN(C(=O)CC(C)(C)N)C1CCC(C)(C)CC1. The van der Waals surface area contributed by atoms with Crippen LogP contribution in [0.1, 0.15) is 59.8 Å². The number of hydrogen-bond acceptors (Lipinski definition) is 2. The molecule has 17 heavy (non-hydrogen) atoms. The largest absolute Gasteiger partial charge is 0.343 e. The predicted molar refractivity (Wildman–Crippen MR) is 71.7 cm³/mol. The summed E-state index contributed by atoms with van der Waals surface area (Å²) in [5, 5.41) is 0. The number of rotatable bonds is 3. The van der Waals surface area contributed by atoms with Crippen molar-refractivity contribution in [2.45, 2.75) is 71.4 Å². The highest BCUT2D eigenvalue weighted by atomic mass is 16.2. The second-order valence-electron chi connectivity index (χ2n) is 7.07. The molecule has 1 amide bonds. The van der Waals surface area contributed by atoms with E-state index in [4.69, 9.17) is 5.73 Å². The van der Waals surface area contributed by atoms with E-state index in [0.717, 1.165) is 12.8 Å². The maximum absolute atomic E-state index is 12.1. The topological polar surface area (TPSA) is 46.3 Å². The second kappa shape index (κ2) is 4.97. The van der Waals surface area contributed by atoms with Crippen molar-refractivity contribution in [2.75, 3.05) is 7.05 Å². The molecule has 0 aromatic heterocycles. The molecule has 1 fully saturated rings. The zero-order valence-electron chi connectivity index (χ0n) is 12.0. The van der Waals surface area contributed by atoms with E-state index in [2.05, 4.69) is 13.8 Å². The summed E-state index contributed by atoms with van der Waals surface area (Å²) in [5.41, 5.74) is 5.95. The number of carbonyl (C=O) groups excluding carboxylic acids is 1. The molecule has 1 aliphatic carbocycles. The minimum Gasteiger partial charge on any atom is -0.343 e. The third-order valence-corrected chi connectivity index (χ3v) is 3.86. The van der Waals surface area contributed by atoms with Crippen LogP contribution < -0.4 is 5.73 Å². The molecule has 3 nitrogen and oxygen atoms in total. The first-order valence-electron chi connectivity index (χ1n) is 6.65. The van der Waals surface area contributed by atoms with Gasteiger partial charge in [-0.2, -0.15) is 0 Å². The van der Waals surface area contributed by atoms with Gasteiger partial charge in [-0.3, -0.25) is 4.79 Å². The van der Waals surface area contributed by atoms with Crippen molar-refractivity contribution < 1.29 is 4.79 Å². The highest BCUT2D eigenvalue weighted by molar-refractivity contribution is 5.77. The normalized spacial score (nSPS) is 21.3. The van der Waals surface area contributed by atoms with Crippen LogP contribution in [-0.4, -0.2) is 29.4 Å². The number of nitrogens with two attached hydrogens (primary N) is 1. The van der Waals surface area contributed by atoms with Crippen LogP contribution in [0, 0.1) is 5.41 Å². The maximum Gasteiger partial charge on any atom is 0.224 e. The molecule has 0 radical (unpaired) electrons. The van der Waals surface area contributed by atoms with E-state index in [1.807, 2.05) is 25.8 Å². The average molecular weight is 240 g/mol. The molecular formula is C14H28N2O. The van der Waals surface area contributed by atoms with Crippen molar-refractivity contribution in [1.29, 1.82) is 0 Å². The van der Waals surface area contributed by atoms with Crippen molar-refractivity contribution in [3.63, 3.8) is 0 Å². The monoisotopic (exact) mass is 240 g/mol. The summed E-state index contributed by atoms with van der Waals surface area (Å²) in [4.78, 5) is 14.0. The van der Waals surface area contributed by atoms with Crippen LogP contribution in [0.4, 0.5) is 0 Å². The van der Waals surface area contributed by atoms with Gasteiger partial charge in [-0.25, -0.2) is 0 Å². The third kappa shape index (κ3) is 4.66. The number of amides is 1. The fourth-order valence-corrected chi connectivity index (χ4v) is 2.49. The quantitative estimate of drug-likeness (QED) is 0.824. The van der Waals surface area contributed by atoms with E-state index < -0.39 is 5.54 Å². The van der Waals surface area contributed by atoms with E-state index in [1.165, 1.54) is 12.8 Å². The van der Waals surface area contributed by atoms with Gasteiger partial charge < -0.3 is 10.6 Å². The first kappa shape index (κ1) is 14.5. The van der Waals surface area contributed by atoms with Gasteiger partial charge in [0, 0.05) is 25.0 Å². The van der Waals surface area contributed by atoms with Gasteiger partial charge in [0.25, 0.3) is 0 Å². The van der Waals surface area contributed by atoms with Gasteiger partial charge in [-0.1, -0.05) is 13.8 Å². The lowest BCUT2D eigenvalue weighted by Crippen LogP contribution is -2.45. The van der Waals surface area contributed by atoms with Crippen molar-refractivity contribution in [3.05, 3.63) is 0 Å². The summed E-state index contributed by atoms with van der Waals surface area (Å²) >= 11 is 0. The van der Waals surface area contributed by atoms with Gasteiger partial charge in [-0.15, -0.1) is 0 Å². The Morgan fingerprint density at radius 1 is 1.35 bits per heavy atom. The molecule has 0 unspecified atom stereocenters. The molecular weight excluding hydrogens is 212 g/mol. The van der Waals surface area contributed by atoms with E-state index >= 15 is 0 Å². The first-order chi connectivity index (χ1) is 7.61. The smallest absolute Gasteiger partial charge is 0.224 e. The summed E-state index contributed by atoms with van der Waals surface area (Å²) in [7, 11) is 1.93. The zero-order chi connectivity index (χ0) is 13.3. The van der Waals surface area contributed by atoms with Gasteiger partial charge >= 0.3 is 0 Å². The zero-order valence-corrected chi connectivity index (χ0v) is 12.0. The van der Waals surface area contributed by atoms with Gasteiger partial charge in [0.1, 0.15) is 0 Å². The van der Waals surface area contributed by atoms with Crippen LogP contribution in [0.25, 0.3) is 0 Å². The lowest BCUT2D eigenvalue weighted by Gasteiger charge is -2.39. The lowest BCUT2D eigenvalue weighted by atomic mass is 9.75. The minimum absolute atomic E-state index is 0.183. The summed E-state index contributed by atoms with van der Waals surface area (Å²) in [6.45, 7) is 8.44. The van der Waals surface area contributed by atoms with E-state index in [0.29, 0.717) is 17.9 Å². The Bertz CT molecular complexity index is 268. The Morgan fingerprint density at radius 2 is 1.82 bits per heavy atom. The molecule has 0 aliphatic heterocycles. The molecule has 0 aromatic carbocycles. The number of nitrogens with zero attached hydrogens (tertiary/aromatic N) is 1. The Balaban J connectivity index is 2.49. The van der Waals surface area contributed by atoms with Crippen LogP contribution in [0.15, 0.2) is 0 Å². The molecule has 0 saturated heterocycles. The summed E-state index contributed by atoms with van der Waals surface area (Å²) in [5.74, 6) is 0.183. The Labute approximate surface area is 106 Å². The fraction of sp³-hybridized carbons (Fsp3) is 0.929. The van der Waals surface area contributed by atoms with Crippen LogP contribution >= 0.6 is 0 Å². The molecule has 100 valence electrons. The van der Waals surface area contributed by atoms with Crippen LogP contribution in [0.5, 0.6) is 0 Å². The molecule has 2 N–H and O–H groups in total. The van der Waals surface area contributed by atoms with Crippen molar-refractivity contribution >= 4 is 5.91 Å². The molecule has 0 bridgehead atoms. The maximum atomic E-state index is 12.1. The van der Waals surface area contributed by atoms with Crippen LogP contribution in [-0.2, 0) is 4.79 Å². The van der Waals surface area contributed by atoms with Crippen LogP contribution in [0.2, 0.25) is 0 Å². The standard InChI is InChI=1S/C14H28N2O/c1-13(2)8-6-11(7-9-13)16(5)12(17)10-14(3,4)15/h11H,6-10,15H2,1-5H3. The summed E-state index contributed by atoms with van der Waals surface area (Å²) < 4.78 is 0. The van der Waals surface area contributed by atoms with Crippen molar-refractivity contribution in [1.82, 2.24) is 4.90 Å². The molecule has 1 rings (SSSR count). The van der Waals surface area contributed by atoms with E-state index in [9.17, 15) is 4.79 Å². The fourth-order valence-electron chi connectivity index (χ4n) is 2.49. The molecule has 1 saturated carbocycles. The van der Waals surface area contributed by atoms with Gasteiger partial charge in [0.15, 0.2) is 0 Å². The average Bonchev–Trinajstić information content (AvgIpc) is 2.14. The summed E-state index contributed by atoms with van der Waals surface area (Å²) in [6, 6.07) is 0.415. The Kier molecular flexibility index (Phi) is 4.23. The second-order valence-corrected chi connectivity index (χ2v) is 7.07. The lowest BCUT2D eigenvalue weighted by molar-refractivity contribution is -0.134. The highest BCUT2D eigenvalue weighted by Gasteiger charge is 2.31. The van der Waals surface area contributed by atoms with Gasteiger partial charge in [0.05, 0.1) is 0 Å². The highest BCUT2D eigenvalue weighted by Crippen LogP contribution is 2.36. The van der Waals surface area contributed by atoms with Gasteiger partial charge in [-0.05, 0) is 44.9 Å². The van der Waals surface area contributed by atoms with Gasteiger partial charge in [0.2, 0.25) is 5.91 Å². The van der Waals surface area contributed by atoms with E-state index in [-0.39, 0.29) is 5.91 Å². The molecule has 3 heteroatoms. The first-order valence-corrected chi connectivity index (χ1v) is 6.65. The van der Waals surface area contributed by atoms with Crippen molar-refractivity contribution in [3.8, 4) is 0 Å². The number of carbonyl (C=O) groups is 1.